The maximum atomic E-state index is 11.4. The number of carbonyl (C=O) groups is 1. The van der Waals surface area contributed by atoms with Gasteiger partial charge in [0, 0.05) is 11.1 Å². The Morgan fingerprint density at radius 2 is 2.50 bits per heavy atom. The lowest BCUT2D eigenvalue weighted by Crippen LogP contribution is -2.03. The molecule has 0 radical (unpaired) electrons. The van der Waals surface area contributed by atoms with Gasteiger partial charge in [0.25, 0.3) is 0 Å². The van der Waals surface area contributed by atoms with Crippen LogP contribution >= 0.6 is 11.3 Å². The Morgan fingerprint density at radius 3 is 3.06 bits per heavy atom. The molecule has 6 nitrogen and oxygen atoms in total. The number of thiazole rings is 1. The van der Waals surface area contributed by atoms with Crippen molar-refractivity contribution in [3.8, 4) is 6.07 Å². The molecule has 0 N–H and O–H groups in total. The number of aryl methyl sites for hydroxylation is 1. The normalized spacial score (nSPS) is 11.0. The third kappa shape index (κ3) is 2.61. The van der Waals surface area contributed by atoms with Crippen molar-refractivity contribution in [2.75, 3.05) is 0 Å². The van der Waals surface area contributed by atoms with E-state index < -0.39 is 5.97 Å². The highest BCUT2D eigenvalue weighted by molar-refractivity contribution is 7.12. The molecule has 0 spiro atoms. The van der Waals surface area contributed by atoms with Crippen molar-refractivity contribution in [1.82, 2.24) is 4.98 Å². The van der Waals surface area contributed by atoms with E-state index in [0.29, 0.717) is 5.01 Å². The minimum atomic E-state index is -0.763. The first-order chi connectivity index (χ1) is 8.70. The molecule has 18 heavy (non-hydrogen) atoms. The van der Waals surface area contributed by atoms with Crippen molar-refractivity contribution in [2.24, 2.45) is 5.16 Å². The molecule has 0 aliphatic rings. The molecule has 90 valence electrons. The summed E-state index contributed by atoms with van der Waals surface area (Å²) in [5, 5.41) is 14.6. The fraction of sp³-hybridized carbons (Fsp3) is 0.0909. The van der Waals surface area contributed by atoms with E-state index in [-0.39, 0.29) is 11.5 Å². The third-order valence-corrected chi connectivity index (χ3v) is 2.84. The zero-order valence-corrected chi connectivity index (χ0v) is 10.1. The summed E-state index contributed by atoms with van der Waals surface area (Å²) >= 11 is 1.25. The third-order valence-electron chi connectivity index (χ3n) is 1.87. The summed E-state index contributed by atoms with van der Waals surface area (Å²) in [7, 11) is 0. The van der Waals surface area contributed by atoms with Crippen LogP contribution in [0.4, 0.5) is 0 Å². The summed E-state index contributed by atoms with van der Waals surface area (Å²) in [6.07, 6.45) is 1.34. The molecule has 7 heteroatoms. The van der Waals surface area contributed by atoms with Gasteiger partial charge < -0.3 is 9.25 Å². The molecule has 2 aromatic rings. The van der Waals surface area contributed by atoms with Crippen LogP contribution in [-0.4, -0.2) is 16.7 Å². The van der Waals surface area contributed by atoms with Crippen LogP contribution in [-0.2, 0) is 4.84 Å². The van der Waals surface area contributed by atoms with E-state index in [1.54, 1.807) is 18.4 Å². The number of carbonyl (C=O) groups excluding carboxylic acids is 1. The zero-order chi connectivity index (χ0) is 13.0. The molecule has 2 heterocycles. The van der Waals surface area contributed by atoms with Gasteiger partial charge in [0.15, 0.2) is 5.01 Å². The first kappa shape index (κ1) is 12.0. The van der Waals surface area contributed by atoms with E-state index in [0.717, 1.165) is 5.69 Å². The van der Waals surface area contributed by atoms with E-state index in [9.17, 15) is 4.79 Å². The van der Waals surface area contributed by atoms with Crippen LogP contribution in [0.5, 0.6) is 0 Å². The molecule has 0 bridgehead atoms. The summed E-state index contributed by atoms with van der Waals surface area (Å²) < 4.78 is 4.83. The number of nitrogens with zero attached hydrogens (tertiary/aromatic N) is 3. The number of oxime groups is 1. The number of hydrogen-bond donors (Lipinski definition) is 0. The van der Waals surface area contributed by atoms with Gasteiger partial charge in [0.1, 0.15) is 6.07 Å². The van der Waals surface area contributed by atoms with Crippen LogP contribution in [0.1, 0.15) is 21.3 Å². The summed E-state index contributed by atoms with van der Waals surface area (Å²) in [5.41, 5.74) is 0.725. The Labute approximate surface area is 106 Å². The Morgan fingerprint density at radius 1 is 1.67 bits per heavy atom. The Kier molecular flexibility index (Phi) is 3.50. The number of rotatable bonds is 3. The highest BCUT2D eigenvalue weighted by Crippen LogP contribution is 2.10. The predicted octanol–water partition coefficient (Wildman–Crippen LogP) is 2.13. The van der Waals surface area contributed by atoms with E-state index in [1.165, 1.54) is 23.7 Å². The van der Waals surface area contributed by atoms with Gasteiger partial charge in [-0.15, -0.1) is 11.3 Å². The lowest BCUT2D eigenvalue weighted by Gasteiger charge is -1.94. The summed E-state index contributed by atoms with van der Waals surface area (Å²) in [6.45, 7) is 1.80. The average molecular weight is 261 g/mol. The molecule has 0 aromatic carbocycles. The Hall–Kier alpha value is -2.46. The standard InChI is InChI=1S/C11H7N3O3S/c1-7-6-18-10(13-7)8(5-12)14-17-11(15)9-3-2-4-16-9/h2-4,6H,1H3/b14-8+. The maximum absolute atomic E-state index is 11.4. The summed E-state index contributed by atoms with van der Waals surface area (Å²) in [4.78, 5) is 20.1. The van der Waals surface area contributed by atoms with E-state index in [4.69, 9.17) is 9.68 Å². The van der Waals surface area contributed by atoms with Crippen molar-refractivity contribution in [3.05, 3.63) is 40.2 Å². The van der Waals surface area contributed by atoms with Crippen LogP contribution in [0.3, 0.4) is 0 Å². The molecular formula is C11H7N3O3S. The second-order valence-corrected chi connectivity index (χ2v) is 4.06. The number of hydrogen-bond acceptors (Lipinski definition) is 7. The van der Waals surface area contributed by atoms with Crippen LogP contribution in [0.15, 0.2) is 33.3 Å². The van der Waals surface area contributed by atoms with Gasteiger partial charge in [-0.1, -0.05) is 5.16 Å². The van der Waals surface area contributed by atoms with Crippen LogP contribution in [0, 0.1) is 18.3 Å². The molecule has 0 atom stereocenters. The molecular weight excluding hydrogens is 254 g/mol. The Bertz CT molecular complexity index is 622. The molecule has 0 saturated heterocycles. The summed E-state index contributed by atoms with van der Waals surface area (Å²) in [6, 6.07) is 4.82. The zero-order valence-electron chi connectivity index (χ0n) is 9.28. The van der Waals surface area contributed by atoms with Crippen molar-refractivity contribution >= 4 is 23.0 Å². The highest BCUT2D eigenvalue weighted by Gasteiger charge is 2.13. The van der Waals surface area contributed by atoms with Crippen LogP contribution < -0.4 is 0 Å². The van der Waals surface area contributed by atoms with Crippen LogP contribution in [0.2, 0.25) is 0 Å². The molecule has 2 aromatic heterocycles. The number of aromatic nitrogens is 1. The molecule has 0 aliphatic carbocycles. The second kappa shape index (κ2) is 5.25. The van der Waals surface area contributed by atoms with Crippen molar-refractivity contribution in [2.45, 2.75) is 6.92 Å². The fourth-order valence-electron chi connectivity index (χ4n) is 1.10. The van der Waals surface area contributed by atoms with E-state index in [1.807, 2.05) is 6.07 Å². The minimum absolute atomic E-state index is 0.0198. The van der Waals surface area contributed by atoms with Crippen molar-refractivity contribution in [1.29, 1.82) is 5.26 Å². The van der Waals surface area contributed by atoms with Crippen molar-refractivity contribution < 1.29 is 14.0 Å². The molecule has 0 saturated carbocycles. The van der Waals surface area contributed by atoms with Gasteiger partial charge in [-0.05, 0) is 19.1 Å². The first-order valence-electron chi connectivity index (χ1n) is 4.86. The average Bonchev–Trinajstić information content (AvgIpc) is 3.01. The molecule has 2 rings (SSSR count). The lowest BCUT2D eigenvalue weighted by atomic mass is 10.4. The van der Waals surface area contributed by atoms with Gasteiger partial charge >= 0.3 is 5.97 Å². The van der Waals surface area contributed by atoms with E-state index in [2.05, 4.69) is 15.0 Å². The van der Waals surface area contributed by atoms with Crippen molar-refractivity contribution in [3.63, 3.8) is 0 Å². The SMILES string of the molecule is Cc1csc(/C(C#N)=N/OC(=O)c2ccco2)n1. The van der Waals surface area contributed by atoms with Crippen LogP contribution in [0.25, 0.3) is 0 Å². The molecule has 0 aliphatic heterocycles. The van der Waals surface area contributed by atoms with Gasteiger partial charge in [0.05, 0.1) is 6.26 Å². The smallest absolute Gasteiger partial charge is 0.400 e. The predicted molar refractivity (Wildman–Crippen MR) is 63.1 cm³/mol. The molecule has 0 unspecified atom stereocenters. The van der Waals surface area contributed by atoms with Gasteiger partial charge in [-0.3, -0.25) is 0 Å². The number of nitriles is 1. The first-order valence-corrected chi connectivity index (χ1v) is 5.74. The molecule has 0 fully saturated rings. The monoisotopic (exact) mass is 261 g/mol. The quantitative estimate of drug-likeness (QED) is 0.479. The lowest BCUT2D eigenvalue weighted by molar-refractivity contribution is 0.0481. The van der Waals surface area contributed by atoms with E-state index >= 15 is 0 Å². The minimum Gasteiger partial charge on any atom is -0.457 e. The maximum Gasteiger partial charge on any atom is 0.400 e. The highest BCUT2D eigenvalue weighted by atomic mass is 32.1. The Balaban J connectivity index is 2.12. The molecule has 0 amide bonds. The largest absolute Gasteiger partial charge is 0.457 e. The van der Waals surface area contributed by atoms with Gasteiger partial charge in [0.2, 0.25) is 11.5 Å². The van der Waals surface area contributed by atoms with Gasteiger partial charge in [-0.2, -0.15) is 5.26 Å². The number of furan rings is 1. The fourth-order valence-corrected chi connectivity index (χ4v) is 1.82. The van der Waals surface area contributed by atoms with Gasteiger partial charge in [-0.25, -0.2) is 9.78 Å². The summed E-state index contributed by atoms with van der Waals surface area (Å²) in [5.74, 6) is -0.743. The second-order valence-electron chi connectivity index (χ2n) is 3.20. The topological polar surface area (TPSA) is 88.5 Å².